The van der Waals surface area contributed by atoms with Crippen molar-refractivity contribution in [3.8, 4) is 5.82 Å². The highest BCUT2D eigenvalue weighted by Crippen LogP contribution is 2.25. The van der Waals surface area contributed by atoms with Crippen molar-refractivity contribution in [2.24, 2.45) is 5.10 Å². The molecule has 174 valence electrons. The molecule has 11 nitrogen and oxygen atoms in total. The van der Waals surface area contributed by atoms with E-state index in [2.05, 4.69) is 36.1 Å². The van der Waals surface area contributed by atoms with E-state index in [4.69, 9.17) is 33.6 Å². The molecule has 3 aromatic rings. The predicted octanol–water partition coefficient (Wildman–Crippen LogP) is 3.07. The van der Waals surface area contributed by atoms with Crippen LogP contribution < -0.4 is 11.2 Å². The molecule has 3 N–H and O–H groups in total. The first-order valence-corrected chi connectivity index (χ1v) is 11.2. The Morgan fingerprint density at radius 2 is 2.09 bits per heavy atom. The van der Waals surface area contributed by atoms with E-state index < -0.39 is 5.91 Å². The molecule has 0 saturated heterocycles. The lowest BCUT2D eigenvalue weighted by Crippen LogP contribution is -2.34. The van der Waals surface area contributed by atoms with Crippen molar-refractivity contribution in [3.63, 3.8) is 0 Å². The van der Waals surface area contributed by atoms with Crippen LogP contribution in [0.1, 0.15) is 53.8 Å². The summed E-state index contributed by atoms with van der Waals surface area (Å²) >= 11 is 11.9. The topological polar surface area (TPSA) is 140 Å². The molecule has 0 atom stereocenters. The minimum absolute atomic E-state index is 0.0473. The number of hydrazone groups is 1. The molecule has 1 saturated carbocycles. The van der Waals surface area contributed by atoms with E-state index in [1.807, 2.05) is 7.05 Å². The molecule has 1 fully saturated rings. The van der Waals surface area contributed by atoms with Crippen molar-refractivity contribution in [1.82, 2.24) is 35.6 Å². The van der Waals surface area contributed by atoms with Gasteiger partial charge in [0.1, 0.15) is 0 Å². The van der Waals surface area contributed by atoms with E-state index in [0.29, 0.717) is 33.9 Å². The summed E-state index contributed by atoms with van der Waals surface area (Å²) in [5.74, 6) is -0.307. The van der Waals surface area contributed by atoms with Crippen LogP contribution in [0.5, 0.6) is 0 Å². The molecule has 0 aliphatic heterocycles. The fourth-order valence-electron chi connectivity index (χ4n) is 3.83. The number of nitrogens with one attached hydrogen (secondary N) is 1. The van der Waals surface area contributed by atoms with Gasteiger partial charge >= 0.3 is 0 Å². The van der Waals surface area contributed by atoms with Gasteiger partial charge in [0.15, 0.2) is 5.69 Å². The maximum Gasteiger partial charge on any atom is 0.293 e. The minimum atomic E-state index is -0.528. The molecule has 2 heterocycles. The number of halogens is 2. The summed E-state index contributed by atoms with van der Waals surface area (Å²) in [5.41, 5.74) is 9.61. The van der Waals surface area contributed by atoms with Crippen LogP contribution in [0.3, 0.4) is 0 Å². The van der Waals surface area contributed by atoms with Gasteiger partial charge in [0.2, 0.25) is 11.6 Å². The summed E-state index contributed by atoms with van der Waals surface area (Å²) in [5, 5.41) is 20.4. The molecule has 1 aromatic carbocycles. The maximum absolute atomic E-state index is 12.9. The second-order valence-corrected chi connectivity index (χ2v) is 8.66. The highest BCUT2D eigenvalue weighted by molar-refractivity contribution is 6.42. The number of hydrogen-bond donors (Lipinski definition) is 2. The Labute approximate surface area is 199 Å². The molecule has 4 rings (SSSR count). The lowest BCUT2D eigenvalue weighted by molar-refractivity contribution is 0.0947. The first kappa shape index (κ1) is 23.1. The average molecular weight is 492 g/mol. The normalized spacial score (nSPS) is 14.9. The van der Waals surface area contributed by atoms with Crippen LogP contribution in [0.4, 0.5) is 5.82 Å². The molecule has 13 heteroatoms. The van der Waals surface area contributed by atoms with Crippen LogP contribution in [-0.4, -0.2) is 55.4 Å². The number of carbonyl (C=O) groups excluding carboxylic acids is 1. The predicted molar refractivity (Wildman–Crippen MR) is 123 cm³/mol. The second kappa shape index (κ2) is 10.3. The summed E-state index contributed by atoms with van der Waals surface area (Å²) < 4.78 is 6.08. The Kier molecular flexibility index (Phi) is 7.21. The number of benzene rings is 1. The molecule has 0 unspecified atom stereocenters. The molecule has 1 aliphatic rings. The highest BCUT2D eigenvalue weighted by Gasteiger charge is 2.27. The van der Waals surface area contributed by atoms with Crippen molar-refractivity contribution >= 4 is 41.1 Å². The number of anilines is 1. The third-order valence-corrected chi connectivity index (χ3v) is 6.33. The molecule has 0 radical (unpaired) electrons. The zero-order chi connectivity index (χ0) is 23.4. The van der Waals surface area contributed by atoms with Crippen LogP contribution in [0.2, 0.25) is 10.0 Å². The minimum Gasteiger partial charge on any atom is -0.378 e. The van der Waals surface area contributed by atoms with Crippen LogP contribution in [0.25, 0.3) is 5.82 Å². The first-order valence-electron chi connectivity index (χ1n) is 10.5. The zero-order valence-corrected chi connectivity index (χ0v) is 19.4. The van der Waals surface area contributed by atoms with Gasteiger partial charge < -0.3 is 5.73 Å². The summed E-state index contributed by atoms with van der Waals surface area (Å²) in [7, 11) is 2.02. The van der Waals surface area contributed by atoms with E-state index in [1.165, 1.54) is 30.2 Å². The number of amides is 1. The number of nitrogens with two attached hydrogens (primary N) is 1. The largest absolute Gasteiger partial charge is 0.378 e. The number of hydrogen-bond acceptors (Lipinski definition) is 9. The molecule has 2 aromatic heterocycles. The van der Waals surface area contributed by atoms with Gasteiger partial charge in [-0.3, -0.25) is 9.69 Å². The second-order valence-electron chi connectivity index (χ2n) is 7.85. The van der Waals surface area contributed by atoms with Gasteiger partial charge in [0.05, 0.1) is 22.0 Å². The molecular weight excluding hydrogens is 469 g/mol. The smallest absolute Gasteiger partial charge is 0.293 e. The van der Waals surface area contributed by atoms with E-state index >= 15 is 0 Å². The van der Waals surface area contributed by atoms with Gasteiger partial charge in [-0.15, -0.1) is 5.10 Å². The first-order chi connectivity index (χ1) is 15.9. The van der Waals surface area contributed by atoms with Crippen LogP contribution in [0.15, 0.2) is 27.9 Å². The number of rotatable bonds is 7. The monoisotopic (exact) mass is 491 g/mol. The van der Waals surface area contributed by atoms with Crippen LogP contribution >= 0.6 is 23.2 Å². The molecule has 33 heavy (non-hydrogen) atoms. The van der Waals surface area contributed by atoms with Crippen molar-refractivity contribution in [3.05, 3.63) is 45.2 Å². The van der Waals surface area contributed by atoms with Gasteiger partial charge in [-0.05, 0) is 47.9 Å². The van der Waals surface area contributed by atoms with Crippen molar-refractivity contribution in [2.75, 3.05) is 12.8 Å². The summed E-state index contributed by atoms with van der Waals surface area (Å²) in [4.78, 5) is 15.1. The zero-order valence-electron chi connectivity index (χ0n) is 17.9. The third kappa shape index (κ3) is 5.32. The lowest BCUT2D eigenvalue weighted by Gasteiger charge is -2.31. The SMILES string of the molecule is CN(Cc1c(C(=O)N/N=C\c2ccc(Cl)c(Cl)c2)nnn1-c1nonc1N)C1CCCCC1. The fourth-order valence-corrected chi connectivity index (χ4v) is 4.13. The Bertz CT molecular complexity index is 1150. The number of nitrogen functional groups attached to an aromatic ring is 1. The standard InChI is InChI=1S/C20H23Cl2N9O2/c1-30(13-5-3-2-4-6-13)11-16-17(25-29-31(16)19-18(23)27-33-28-19)20(32)26-24-10-12-7-8-14(21)15(22)9-12/h7-10,13H,2-6,11H2,1H3,(H2,23,27)(H,26,32)/b24-10-. The van der Waals surface area contributed by atoms with Gasteiger partial charge in [0.25, 0.3) is 5.91 Å². The Morgan fingerprint density at radius 3 is 2.79 bits per heavy atom. The molecule has 0 spiro atoms. The number of carbonyl (C=O) groups is 1. The van der Waals surface area contributed by atoms with Gasteiger partial charge in [-0.2, -0.15) is 9.78 Å². The van der Waals surface area contributed by atoms with E-state index in [9.17, 15) is 4.79 Å². The summed E-state index contributed by atoms with van der Waals surface area (Å²) in [6.07, 6.45) is 7.27. The average Bonchev–Trinajstić information content (AvgIpc) is 3.42. The fraction of sp³-hybridized carbons (Fsp3) is 0.400. The highest BCUT2D eigenvalue weighted by atomic mass is 35.5. The Morgan fingerprint density at radius 1 is 1.30 bits per heavy atom. The van der Waals surface area contributed by atoms with Crippen LogP contribution in [-0.2, 0) is 6.54 Å². The van der Waals surface area contributed by atoms with Gasteiger partial charge in [0, 0.05) is 12.6 Å². The maximum atomic E-state index is 12.9. The number of aromatic nitrogens is 5. The van der Waals surface area contributed by atoms with E-state index in [0.717, 1.165) is 12.8 Å². The van der Waals surface area contributed by atoms with E-state index in [1.54, 1.807) is 18.2 Å². The molecule has 1 amide bonds. The van der Waals surface area contributed by atoms with Gasteiger partial charge in [-0.25, -0.2) is 10.1 Å². The molecule has 1 aliphatic carbocycles. The van der Waals surface area contributed by atoms with Crippen LogP contribution in [0, 0.1) is 0 Å². The summed E-state index contributed by atoms with van der Waals surface area (Å²) in [6, 6.07) is 5.42. The molecule has 0 bridgehead atoms. The number of nitrogens with zero attached hydrogens (tertiary/aromatic N) is 7. The van der Waals surface area contributed by atoms with Gasteiger partial charge in [-0.1, -0.05) is 53.7 Å². The molecular formula is C20H23Cl2N9O2. The van der Waals surface area contributed by atoms with Crippen molar-refractivity contribution in [1.29, 1.82) is 0 Å². The van der Waals surface area contributed by atoms with Crippen molar-refractivity contribution < 1.29 is 9.42 Å². The van der Waals surface area contributed by atoms with Crippen molar-refractivity contribution in [2.45, 2.75) is 44.7 Å². The Balaban J connectivity index is 1.56. The Hall–Kier alpha value is -3.02. The summed E-state index contributed by atoms with van der Waals surface area (Å²) in [6.45, 7) is 0.406. The third-order valence-electron chi connectivity index (χ3n) is 5.60. The van der Waals surface area contributed by atoms with E-state index in [-0.39, 0.29) is 17.3 Å². The quantitative estimate of drug-likeness (QED) is 0.379. The lowest BCUT2D eigenvalue weighted by atomic mass is 9.94.